The Kier molecular flexibility index (Phi) is 3.20. The van der Waals surface area contributed by atoms with E-state index in [9.17, 15) is 9.50 Å². The molecule has 0 radical (unpaired) electrons. The number of hydrogen-bond donors (Lipinski definition) is 1. The molecular formula is C14H14FNO. The van der Waals surface area contributed by atoms with Crippen LogP contribution in [0.5, 0.6) is 0 Å². The fourth-order valence-corrected chi connectivity index (χ4v) is 1.86. The Bertz CT molecular complexity index is 502. The molecule has 0 amide bonds. The number of aliphatic hydroxyl groups is 1. The van der Waals surface area contributed by atoms with Crippen LogP contribution in [-0.4, -0.2) is 10.1 Å². The van der Waals surface area contributed by atoms with Gasteiger partial charge in [0.15, 0.2) is 0 Å². The number of aliphatic hydroxyl groups excluding tert-OH is 1. The number of benzene rings is 1. The third kappa shape index (κ3) is 2.68. The Hall–Kier alpha value is -1.74. The van der Waals surface area contributed by atoms with E-state index < -0.39 is 6.10 Å². The van der Waals surface area contributed by atoms with Crippen LogP contribution in [0.25, 0.3) is 0 Å². The van der Waals surface area contributed by atoms with Crippen LogP contribution in [0.1, 0.15) is 28.6 Å². The van der Waals surface area contributed by atoms with E-state index >= 15 is 0 Å². The maximum Gasteiger partial charge on any atom is 0.123 e. The molecule has 0 aliphatic rings. The van der Waals surface area contributed by atoms with Crippen molar-refractivity contribution in [2.24, 2.45) is 0 Å². The first kappa shape index (κ1) is 11.7. The fraction of sp³-hybridized carbons (Fsp3) is 0.214. The van der Waals surface area contributed by atoms with Crippen LogP contribution in [0, 0.1) is 19.7 Å². The topological polar surface area (TPSA) is 33.1 Å². The van der Waals surface area contributed by atoms with Crippen molar-refractivity contribution in [3.8, 4) is 0 Å². The summed E-state index contributed by atoms with van der Waals surface area (Å²) in [5.41, 5.74) is 3.18. The smallest absolute Gasteiger partial charge is 0.123 e. The summed E-state index contributed by atoms with van der Waals surface area (Å²) >= 11 is 0. The molecule has 2 rings (SSSR count). The molecule has 0 bridgehead atoms. The minimum absolute atomic E-state index is 0.303. The van der Waals surface area contributed by atoms with E-state index in [2.05, 4.69) is 4.98 Å². The highest BCUT2D eigenvalue weighted by Gasteiger charge is 2.11. The molecule has 0 fully saturated rings. The third-order valence-electron chi connectivity index (χ3n) is 2.61. The molecule has 0 saturated heterocycles. The molecule has 0 spiro atoms. The van der Waals surface area contributed by atoms with Crippen LogP contribution < -0.4 is 0 Å². The molecule has 17 heavy (non-hydrogen) atoms. The van der Waals surface area contributed by atoms with Gasteiger partial charge in [-0.3, -0.25) is 4.98 Å². The average molecular weight is 231 g/mol. The molecule has 3 heteroatoms. The molecular weight excluding hydrogens is 217 g/mol. The Balaban J connectivity index is 2.36. The summed E-state index contributed by atoms with van der Waals surface area (Å²) < 4.78 is 12.8. The van der Waals surface area contributed by atoms with Crippen molar-refractivity contribution < 1.29 is 9.50 Å². The predicted octanol–water partition coefficient (Wildman–Crippen LogP) is 2.92. The Morgan fingerprint density at radius 1 is 1.00 bits per heavy atom. The van der Waals surface area contributed by atoms with Crippen LogP contribution in [0.2, 0.25) is 0 Å². The number of rotatable bonds is 2. The molecule has 88 valence electrons. The highest BCUT2D eigenvalue weighted by atomic mass is 19.1. The summed E-state index contributed by atoms with van der Waals surface area (Å²) in [6, 6.07) is 9.54. The fourth-order valence-electron chi connectivity index (χ4n) is 1.86. The normalized spacial score (nSPS) is 12.5. The highest BCUT2D eigenvalue weighted by molar-refractivity contribution is 5.31. The summed E-state index contributed by atoms with van der Waals surface area (Å²) in [6.07, 6.45) is -0.740. The number of pyridine rings is 1. The second kappa shape index (κ2) is 4.63. The monoisotopic (exact) mass is 231 g/mol. The van der Waals surface area contributed by atoms with Gasteiger partial charge in [-0.25, -0.2) is 4.39 Å². The summed E-state index contributed by atoms with van der Waals surface area (Å²) in [6.45, 7) is 3.77. The largest absolute Gasteiger partial charge is 0.384 e. The van der Waals surface area contributed by atoms with Gasteiger partial charge in [0.2, 0.25) is 0 Å². The standard InChI is InChI=1S/C14H14FNO/c1-9-7-12(8-10(2)16-9)14(17)11-3-5-13(15)6-4-11/h3-8,14,17H,1-2H3. The van der Waals surface area contributed by atoms with Crippen LogP contribution in [0.4, 0.5) is 4.39 Å². The van der Waals surface area contributed by atoms with E-state index in [1.165, 1.54) is 12.1 Å². The maximum atomic E-state index is 12.8. The zero-order chi connectivity index (χ0) is 12.4. The van der Waals surface area contributed by atoms with E-state index in [1.807, 2.05) is 26.0 Å². The lowest BCUT2D eigenvalue weighted by Gasteiger charge is -2.12. The molecule has 2 nitrogen and oxygen atoms in total. The van der Waals surface area contributed by atoms with Crippen molar-refractivity contribution in [3.63, 3.8) is 0 Å². The Morgan fingerprint density at radius 3 is 2.06 bits per heavy atom. The molecule has 1 N–H and O–H groups in total. The van der Waals surface area contributed by atoms with Crippen molar-refractivity contribution in [2.45, 2.75) is 20.0 Å². The maximum absolute atomic E-state index is 12.8. The zero-order valence-electron chi connectivity index (χ0n) is 9.81. The molecule has 2 aromatic rings. The van der Waals surface area contributed by atoms with Gasteiger partial charge < -0.3 is 5.11 Å². The lowest BCUT2D eigenvalue weighted by Crippen LogP contribution is -2.02. The van der Waals surface area contributed by atoms with E-state index in [0.717, 1.165) is 17.0 Å². The van der Waals surface area contributed by atoms with Gasteiger partial charge in [0.05, 0.1) is 0 Å². The number of halogens is 1. The van der Waals surface area contributed by atoms with Crippen molar-refractivity contribution >= 4 is 0 Å². The average Bonchev–Trinajstić information content (AvgIpc) is 2.28. The molecule has 1 unspecified atom stereocenters. The van der Waals surface area contributed by atoms with Crippen molar-refractivity contribution in [3.05, 3.63) is 64.7 Å². The lowest BCUT2D eigenvalue weighted by atomic mass is 10.0. The lowest BCUT2D eigenvalue weighted by molar-refractivity contribution is 0.220. The second-order valence-electron chi connectivity index (χ2n) is 4.14. The summed E-state index contributed by atoms with van der Waals surface area (Å²) in [5, 5.41) is 10.2. The van der Waals surface area contributed by atoms with Gasteiger partial charge in [0.1, 0.15) is 11.9 Å². The number of hydrogen-bond acceptors (Lipinski definition) is 2. The van der Waals surface area contributed by atoms with Gasteiger partial charge in [-0.1, -0.05) is 12.1 Å². The second-order valence-corrected chi connectivity index (χ2v) is 4.14. The Morgan fingerprint density at radius 2 is 1.53 bits per heavy atom. The van der Waals surface area contributed by atoms with Gasteiger partial charge in [-0.05, 0) is 49.2 Å². The highest BCUT2D eigenvalue weighted by Crippen LogP contribution is 2.22. The molecule has 1 atom stereocenters. The van der Waals surface area contributed by atoms with E-state index in [-0.39, 0.29) is 5.82 Å². The van der Waals surface area contributed by atoms with Gasteiger partial charge in [-0.2, -0.15) is 0 Å². The van der Waals surface area contributed by atoms with Crippen molar-refractivity contribution in [1.82, 2.24) is 4.98 Å². The molecule has 0 saturated carbocycles. The number of aryl methyl sites for hydroxylation is 2. The molecule has 1 heterocycles. The first-order chi connectivity index (χ1) is 8.06. The molecule has 0 aliphatic carbocycles. The first-order valence-electron chi connectivity index (χ1n) is 5.45. The van der Waals surface area contributed by atoms with Gasteiger partial charge >= 0.3 is 0 Å². The van der Waals surface area contributed by atoms with E-state index in [4.69, 9.17) is 0 Å². The molecule has 1 aromatic carbocycles. The predicted molar refractivity (Wildman–Crippen MR) is 64.2 cm³/mol. The van der Waals surface area contributed by atoms with E-state index in [1.54, 1.807) is 12.1 Å². The SMILES string of the molecule is Cc1cc(C(O)c2ccc(F)cc2)cc(C)n1. The molecule has 0 aliphatic heterocycles. The first-order valence-corrected chi connectivity index (χ1v) is 5.45. The Labute approximate surface area is 99.8 Å². The van der Waals surface area contributed by atoms with Gasteiger partial charge in [-0.15, -0.1) is 0 Å². The minimum atomic E-state index is -0.740. The van der Waals surface area contributed by atoms with Gasteiger partial charge in [0.25, 0.3) is 0 Å². The minimum Gasteiger partial charge on any atom is -0.384 e. The number of nitrogens with zero attached hydrogens (tertiary/aromatic N) is 1. The van der Waals surface area contributed by atoms with Crippen LogP contribution in [-0.2, 0) is 0 Å². The van der Waals surface area contributed by atoms with Crippen molar-refractivity contribution in [1.29, 1.82) is 0 Å². The summed E-state index contributed by atoms with van der Waals surface area (Å²) in [5.74, 6) is -0.303. The van der Waals surface area contributed by atoms with E-state index in [0.29, 0.717) is 5.56 Å². The van der Waals surface area contributed by atoms with Gasteiger partial charge in [0, 0.05) is 11.4 Å². The third-order valence-corrected chi connectivity index (χ3v) is 2.61. The summed E-state index contributed by atoms with van der Waals surface area (Å²) in [4.78, 5) is 4.25. The summed E-state index contributed by atoms with van der Waals surface area (Å²) in [7, 11) is 0. The van der Waals surface area contributed by atoms with Crippen LogP contribution in [0.15, 0.2) is 36.4 Å². The van der Waals surface area contributed by atoms with Crippen molar-refractivity contribution in [2.75, 3.05) is 0 Å². The van der Waals surface area contributed by atoms with Crippen LogP contribution >= 0.6 is 0 Å². The quantitative estimate of drug-likeness (QED) is 0.862. The van der Waals surface area contributed by atoms with Crippen LogP contribution in [0.3, 0.4) is 0 Å². The molecule has 1 aromatic heterocycles. The zero-order valence-corrected chi connectivity index (χ0v) is 9.81. The number of aromatic nitrogens is 1.